The van der Waals surface area contributed by atoms with Gasteiger partial charge in [0.2, 0.25) is 0 Å². The highest BCUT2D eigenvalue weighted by atomic mass is 16.5. The number of ether oxygens (including phenoxy) is 1. The Hall–Kier alpha value is -1.97. The van der Waals surface area contributed by atoms with Crippen LogP contribution in [0.25, 0.3) is 10.9 Å². The van der Waals surface area contributed by atoms with Crippen LogP contribution < -0.4 is 4.74 Å². The molecular formula is C14H17NO3. The van der Waals surface area contributed by atoms with Crippen LogP contribution in [-0.2, 0) is 11.3 Å². The van der Waals surface area contributed by atoms with E-state index in [1.165, 1.54) is 0 Å². The lowest BCUT2D eigenvalue weighted by Crippen LogP contribution is -2.09. The summed E-state index contributed by atoms with van der Waals surface area (Å²) in [5.74, 6) is -0.0440. The van der Waals surface area contributed by atoms with Gasteiger partial charge in [-0.05, 0) is 38.0 Å². The van der Waals surface area contributed by atoms with Crippen LogP contribution in [0.3, 0.4) is 0 Å². The molecule has 4 heteroatoms. The van der Waals surface area contributed by atoms with E-state index in [1.807, 2.05) is 32.9 Å². The molecule has 1 aromatic heterocycles. The average molecular weight is 247 g/mol. The van der Waals surface area contributed by atoms with Crippen molar-refractivity contribution in [3.63, 3.8) is 0 Å². The van der Waals surface area contributed by atoms with Crippen molar-refractivity contribution < 1.29 is 14.6 Å². The summed E-state index contributed by atoms with van der Waals surface area (Å²) in [6.45, 7) is 5.94. The first-order valence-corrected chi connectivity index (χ1v) is 5.81. The van der Waals surface area contributed by atoms with Crippen molar-refractivity contribution >= 4 is 16.9 Å². The number of aromatic nitrogens is 1. The van der Waals surface area contributed by atoms with Crippen LogP contribution >= 0.6 is 0 Å². The second kappa shape index (κ2) is 4.37. The molecule has 1 aromatic carbocycles. The molecule has 0 bridgehead atoms. The van der Waals surface area contributed by atoms with Gasteiger partial charge in [-0.2, -0.15) is 0 Å². The number of hydrogen-bond donors (Lipinski definition) is 1. The van der Waals surface area contributed by atoms with Crippen LogP contribution in [0.15, 0.2) is 12.1 Å². The van der Waals surface area contributed by atoms with Crippen LogP contribution in [0.4, 0.5) is 0 Å². The normalized spacial score (nSPS) is 10.9. The second-order valence-electron chi connectivity index (χ2n) is 4.53. The Labute approximate surface area is 106 Å². The molecule has 0 saturated heterocycles. The highest BCUT2D eigenvalue weighted by Crippen LogP contribution is 2.31. The first kappa shape index (κ1) is 12.5. The van der Waals surface area contributed by atoms with Gasteiger partial charge in [-0.15, -0.1) is 0 Å². The number of carbonyl (C=O) groups is 1. The molecule has 2 rings (SSSR count). The molecule has 0 spiro atoms. The summed E-state index contributed by atoms with van der Waals surface area (Å²) in [6, 6.07) is 3.94. The quantitative estimate of drug-likeness (QED) is 0.907. The van der Waals surface area contributed by atoms with E-state index >= 15 is 0 Å². The van der Waals surface area contributed by atoms with Gasteiger partial charge < -0.3 is 14.4 Å². The van der Waals surface area contributed by atoms with Crippen molar-refractivity contribution in [3.8, 4) is 5.75 Å². The molecule has 0 radical (unpaired) electrons. The van der Waals surface area contributed by atoms with Gasteiger partial charge in [0.05, 0.1) is 12.6 Å². The van der Waals surface area contributed by atoms with Gasteiger partial charge in [-0.25, -0.2) is 0 Å². The first-order chi connectivity index (χ1) is 8.45. The van der Waals surface area contributed by atoms with E-state index in [-0.39, 0.29) is 6.54 Å². The Morgan fingerprint density at radius 3 is 2.50 bits per heavy atom. The lowest BCUT2D eigenvalue weighted by Gasteiger charge is -2.11. The zero-order valence-electron chi connectivity index (χ0n) is 11.1. The maximum Gasteiger partial charge on any atom is 0.323 e. The number of rotatable bonds is 3. The minimum Gasteiger partial charge on any atom is -0.496 e. The molecule has 0 fully saturated rings. The van der Waals surface area contributed by atoms with Crippen molar-refractivity contribution in [2.45, 2.75) is 27.3 Å². The third-order valence-electron chi connectivity index (χ3n) is 3.46. The van der Waals surface area contributed by atoms with Crippen LogP contribution in [0.5, 0.6) is 5.75 Å². The highest BCUT2D eigenvalue weighted by molar-refractivity contribution is 5.88. The van der Waals surface area contributed by atoms with E-state index < -0.39 is 5.97 Å². The number of hydrogen-bond acceptors (Lipinski definition) is 2. The van der Waals surface area contributed by atoms with Crippen molar-refractivity contribution in [1.82, 2.24) is 4.57 Å². The van der Waals surface area contributed by atoms with Crippen LogP contribution in [0.1, 0.15) is 16.8 Å². The maximum absolute atomic E-state index is 10.9. The molecule has 18 heavy (non-hydrogen) atoms. The summed E-state index contributed by atoms with van der Waals surface area (Å²) in [7, 11) is 1.63. The van der Waals surface area contributed by atoms with E-state index in [1.54, 1.807) is 11.7 Å². The molecule has 0 amide bonds. The second-order valence-corrected chi connectivity index (χ2v) is 4.53. The molecule has 2 aromatic rings. The monoisotopic (exact) mass is 247 g/mol. The summed E-state index contributed by atoms with van der Waals surface area (Å²) < 4.78 is 7.14. The molecule has 96 valence electrons. The lowest BCUT2D eigenvalue weighted by molar-refractivity contribution is -0.137. The molecule has 1 N–H and O–H groups in total. The summed E-state index contributed by atoms with van der Waals surface area (Å²) in [6.07, 6.45) is 0. The van der Waals surface area contributed by atoms with Crippen LogP contribution in [-0.4, -0.2) is 22.8 Å². The number of carboxylic acids is 1. The van der Waals surface area contributed by atoms with Gasteiger partial charge >= 0.3 is 5.97 Å². The minimum atomic E-state index is -0.840. The number of aryl methyl sites for hydroxylation is 2. The number of benzene rings is 1. The van der Waals surface area contributed by atoms with Crippen molar-refractivity contribution in [2.24, 2.45) is 0 Å². The Kier molecular flexibility index (Phi) is 3.03. The van der Waals surface area contributed by atoms with Crippen molar-refractivity contribution in [1.29, 1.82) is 0 Å². The average Bonchev–Trinajstić information content (AvgIpc) is 2.61. The van der Waals surface area contributed by atoms with E-state index in [0.29, 0.717) is 0 Å². The number of fused-ring (bicyclic) bond motifs is 1. The molecule has 0 aliphatic rings. The maximum atomic E-state index is 10.9. The molecule has 0 unspecified atom stereocenters. The van der Waals surface area contributed by atoms with Crippen molar-refractivity contribution in [3.05, 3.63) is 29.0 Å². The smallest absolute Gasteiger partial charge is 0.323 e. The fraction of sp³-hybridized carbons (Fsp3) is 0.357. The Bertz CT molecular complexity index is 626. The van der Waals surface area contributed by atoms with Gasteiger partial charge in [-0.3, -0.25) is 4.79 Å². The number of nitrogens with zero attached hydrogens (tertiary/aromatic N) is 1. The fourth-order valence-electron chi connectivity index (χ4n) is 2.33. The van der Waals surface area contributed by atoms with Gasteiger partial charge in [-0.1, -0.05) is 0 Å². The van der Waals surface area contributed by atoms with Gasteiger partial charge in [0.1, 0.15) is 12.3 Å². The summed E-state index contributed by atoms with van der Waals surface area (Å²) in [5.41, 5.74) is 4.09. The topological polar surface area (TPSA) is 51.5 Å². The predicted molar refractivity (Wildman–Crippen MR) is 70.3 cm³/mol. The summed E-state index contributed by atoms with van der Waals surface area (Å²) in [4.78, 5) is 10.9. The fourth-order valence-corrected chi connectivity index (χ4v) is 2.33. The molecule has 0 aliphatic heterocycles. The largest absolute Gasteiger partial charge is 0.496 e. The highest BCUT2D eigenvalue weighted by Gasteiger charge is 2.14. The zero-order valence-corrected chi connectivity index (χ0v) is 11.1. The molecule has 0 saturated carbocycles. The predicted octanol–water partition coefficient (Wildman–Crippen LogP) is 2.66. The lowest BCUT2D eigenvalue weighted by atomic mass is 10.0. The van der Waals surface area contributed by atoms with E-state index in [4.69, 9.17) is 9.84 Å². The Morgan fingerprint density at radius 2 is 1.94 bits per heavy atom. The molecule has 0 aliphatic carbocycles. The number of methoxy groups -OCH3 is 1. The Balaban J connectivity index is 2.77. The van der Waals surface area contributed by atoms with Gasteiger partial charge in [0.15, 0.2) is 0 Å². The van der Waals surface area contributed by atoms with E-state index in [2.05, 4.69) is 0 Å². The number of aliphatic carboxylic acids is 1. The van der Waals surface area contributed by atoms with E-state index in [9.17, 15) is 4.79 Å². The van der Waals surface area contributed by atoms with Crippen molar-refractivity contribution in [2.75, 3.05) is 7.11 Å². The van der Waals surface area contributed by atoms with Gasteiger partial charge in [0, 0.05) is 17.1 Å². The standard InChI is InChI=1S/C14H17NO3/c1-8-5-11-9(2)10(3)13(18-4)6-12(11)15(8)7-14(16)17/h5-6H,7H2,1-4H3,(H,16,17). The van der Waals surface area contributed by atoms with Crippen LogP contribution in [0, 0.1) is 20.8 Å². The minimum absolute atomic E-state index is 0.0268. The summed E-state index contributed by atoms with van der Waals surface area (Å²) in [5, 5.41) is 10.1. The molecular weight excluding hydrogens is 230 g/mol. The molecule has 0 atom stereocenters. The van der Waals surface area contributed by atoms with Gasteiger partial charge in [0.25, 0.3) is 0 Å². The Morgan fingerprint density at radius 1 is 1.28 bits per heavy atom. The molecule has 4 nitrogen and oxygen atoms in total. The molecule has 1 heterocycles. The zero-order chi connectivity index (χ0) is 13.4. The number of carboxylic acid groups (broad SMARTS) is 1. The summed E-state index contributed by atoms with van der Waals surface area (Å²) >= 11 is 0. The van der Waals surface area contributed by atoms with E-state index in [0.717, 1.165) is 33.5 Å². The van der Waals surface area contributed by atoms with Crippen LogP contribution in [0.2, 0.25) is 0 Å². The first-order valence-electron chi connectivity index (χ1n) is 5.81. The SMILES string of the molecule is COc1cc2c(cc(C)n2CC(=O)O)c(C)c1C. The third-order valence-corrected chi connectivity index (χ3v) is 3.46. The third kappa shape index (κ3) is 1.83.